The number of anilines is 1. The average Bonchev–Trinajstić information content (AvgIpc) is 3.30. The molecule has 2 aliphatic rings. The van der Waals surface area contributed by atoms with E-state index in [-0.39, 0.29) is 28.9 Å². The fourth-order valence-corrected chi connectivity index (χ4v) is 2.76. The van der Waals surface area contributed by atoms with Crippen LogP contribution in [0.3, 0.4) is 0 Å². The average molecular weight is 347 g/mol. The lowest BCUT2D eigenvalue weighted by Crippen LogP contribution is -2.35. The third kappa shape index (κ3) is 4.75. The van der Waals surface area contributed by atoms with Gasteiger partial charge in [0.15, 0.2) is 5.11 Å². The van der Waals surface area contributed by atoms with Crippen LogP contribution in [0.4, 0.5) is 5.69 Å². The van der Waals surface area contributed by atoms with Crippen LogP contribution in [0, 0.1) is 5.92 Å². The first-order valence-electron chi connectivity index (χ1n) is 8.23. The number of hydrogen-bond donors (Lipinski definition) is 3. The summed E-state index contributed by atoms with van der Waals surface area (Å²) in [6.07, 6.45) is 4.04. The molecule has 0 radical (unpaired) electrons. The van der Waals surface area contributed by atoms with Gasteiger partial charge in [0.25, 0.3) is 5.91 Å². The van der Waals surface area contributed by atoms with E-state index in [1.807, 2.05) is 0 Å². The van der Waals surface area contributed by atoms with Crippen LogP contribution >= 0.6 is 12.2 Å². The number of hydrogen-bond acceptors (Lipinski definition) is 4. The summed E-state index contributed by atoms with van der Waals surface area (Å²) in [7, 11) is 0. The Labute approximate surface area is 146 Å². The molecule has 24 heavy (non-hydrogen) atoms. The highest BCUT2D eigenvalue weighted by Crippen LogP contribution is 2.28. The Hall–Kier alpha value is -1.99. The fraction of sp³-hybridized carbons (Fsp3) is 0.471. The maximum absolute atomic E-state index is 12.1. The van der Waals surface area contributed by atoms with Crippen LogP contribution in [0.5, 0.6) is 0 Å². The Bertz CT molecular complexity index is 622. The number of nitrogens with one attached hydrogen (secondary N) is 3. The summed E-state index contributed by atoms with van der Waals surface area (Å²) >= 11 is 5.11. The summed E-state index contributed by atoms with van der Waals surface area (Å²) in [6, 6.07) is 6.96. The third-order valence-corrected chi connectivity index (χ3v) is 4.31. The van der Waals surface area contributed by atoms with Crippen LogP contribution in [0.2, 0.25) is 0 Å². The van der Waals surface area contributed by atoms with Crippen molar-refractivity contribution in [1.82, 2.24) is 10.6 Å². The van der Waals surface area contributed by atoms with Gasteiger partial charge < -0.3 is 20.7 Å². The van der Waals surface area contributed by atoms with Crippen LogP contribution in [-0.2, 0) is 9.53 Å². The van der Waals surface area contributed by atoms with Gasteiger partial charge in [-0.15, -0.1) is 0 Å². The van der Waals surface area contributed by atoms with Crippen molar-refractivity contribution in [3.63, 3.8) is 0 Å². The Balaban J connectivity index is 1.46. The fourth-order valence-electron chi connectivity index (χ4n) is 2.54. The van der Waals surface area contributed by atoms with Gasteiger partial charge in [0.2, 0.25) is 5.91 Å². The molecule has 3 rings (SSSR count). The summed E-state index contributed by atoms with van der Waals surface area (Å²) in [5, 5.41) is 8.77. The molecule has 128 valence electrons. The van der Waals surface area contributed by atoms with Gasteiger partial charge in [0.1, 0.15) is 0 Å². The molecule has 0 bridgehead atoms. The van der Waals surface area contributed by atoms with Gasteiger partial charge in [-0.05, 0) is 62.2 Å². The summed E-state index contributed by atoms with van der Waals surface area (Å²) in [6.45, 7) is 1.31. The van der Waals surface area contributed by atoms with E-state index < -0.39 is 0 Å². The second-order valence-corrected chi connectivity index (χ2v) is 6.55. The molecule has 1 atom stereocenters. The minimum absolute atomic E-state index is 0.0300. The summed E-state index contributed by atoms with van der Waals surface area (Å²) in [5.74, 6) is -0.0426. The minimum atomic E-state index is -0.123. The number of benzene rings is 1. The monoisotopic (exact) mass is 347 g/mol. The second kappa shape index (κ2) is 7.72. The van der Waals surface area contributed by atoms with E-state index in [4.69, 9.17) is 17.0 Å². The molecule has 1 aliphatic carbocycles. The number of carbonyl (C=O) groups excluding carboxylic acids is 2. The van der Waals surface area contributed by atoms with Crippen molar-refractivity contribution in [3.8, 4) is 0 Å². The predicted molar refractivity (Wildman–Crippen MR) is 94.8 cm³/mol. The lowest BCUT2D eigenvalue weighted by molar-refractivity contribution is -0.120. The summed E-state index contributed by atoms with van der Waals surface area (Å²) in [5.41, 5.74) is 1.30. The third-order valence-electron chi connectivity index (χ3n) is 4.10. The van der Waals surface area contributed by atoms with E-state index in [9.17, 15) is 9.59 Å². The second-order valence-electron chi connectivity index (χ2n) is 6.14. The van der Waals surface area contributed by atoms with E-state index in [1.54, 1.807) is 24.3 Å². The number of amides is 2. The molecule has 0 unspecified atom stereocenters. The highest BCUT2D eigenvalue weighted by Gasteiger charge is 2.30. The maximum Gasteiger partial charge on any atom is 0.251 e. The Morgan fingerprint density at radius 2 is 1.92 bits per heavy atom. The molecule has 7 heteroatoms. The zero-order chi connectivity index (χ0) is 16.9. The van der Waals surface area contributed by atoms with Crippen molar-refractivity contribution in [2.45, 2.75) is 31.8 Å². The Morgan fingerprint density at radius 3 is 2.54 bits per heavy atom. The largest absolute Gasteiger partial charge is 0.376 e. The van der Waals surface area contributed by atoms with Crippen molar-refractivity contribution >= 4 is 34.8 Å². The first kappa shape index (κ1) is 16.9. The van der Waals surface area contributed by atoms with Gasteiger partial charge >= 0.3 is 0 Å². The van der Waals surface area contributed by atoms with Gasteiger partial charge in [-0.3, -0.25) is 9.59 Å². The van der Waals surface area contributed by atoms with Gasteiger partial charge in [-0.25, -0.2) is 0 Å². The van der Waals surface area contributed by atoms with E-state index >= 15 is 0 Å². The molecule has 3 N–H and O–H groups in total. The van der Waals surface area contributed by atoms with Gasteiger partial charge in [0, 0.05) is 30.3 Å². The lowest BCUT2D eigenvalue weighted by Gasteiger charge is -2.12. The van der Waals surface area contributed by atoms with Crippen LogP contribution in [-0.4, -0.2) is 36.2 Å². The molecular weight excluding hydrogens is 326 g/mol. The molecule has 6 nitrogen and oxygen atoms in total. The molecule has 0 spiro atoms. The van der Waals surface area contributed by atoms with Crippen molar-refractivity contribution < 1.29 is 14.3 Å². The lowest BCUT2D eigenvalue weighted by atomic mass is 10.2. The molecule has 0 aromatic heterocycles. The molecule has 2 amide bonds. The Kier molecular flexibility index (Phi) is 5.42. The van der Waals surface area contributed by atoms with E-state index in [2.05, 4.69) is 16.0 Å². The van der Waals surface area contributed by atoms with Crippen molar-refractivity contribution in [3.05, 3.63) is 29.8 Å². The molecule has 1 aromatic rings. The van der Waals surface area contributed by atoms with Crippen LogP contribution in [0.15, 0.2) is 24.3 Å². The highest BCUT2D eigenvalue weighted by molar-refractivity contribution is 7.80. The number of ether oxygens (including phenoxy) is 1. The first-order chi connectivity index (χ1) is 11.6. The molecule has 1 heterocycles. The van der Waals surface area contributed by atoms with Gasteiger partial charge in [-0.1, -0.05) is 0 Å². The van der Waals surface area contributed by atoms with Gasteiger partial charge in [-0.2, -0.15) is 0 Å². The zero-order valence-corrected chi connectivity index (χ0v) is 14.2. The van der Waals surface area contributed by atoms with Crippen molar-refractivity contribution in [2.75, 3.05) is 18.5 Å². The number of thiocarbonyl (C=S) groups is 1. The molecule has 2 fully saturated rings. The van der Waals surface area contributed by atoms with Crippen molar-refractivity contribution in [1.29, 1.82) is 0 Å². The normalized spacial score (nSPS) is 19.6. The van der Waals surface area contributed by atoms with Crippen LogP contribution in [0.25, 0.3) is 0 Å². The minimum Gasteiger partial charge on any atom is -0.376 e. The number of rotatable bonds is 5. The Morgan fingerprint density at radius 1 is 1.17 bits per heavy atom. The molecule has 1 saturated heterocycles. The molecular formula is C17H21N3O3S. The quantitative estimate of drug-likeness (QED) is 0.708. The number of carbonyl (C=O) groups is 2. The standard InChI is InChI=1S/C17H21N3O3S/c21-15(18-10-14-2-1-9-23-14)11-5-7-13(8-6-11)19-17(24)20-16(22)12-3-4-12/h5-8,12,14H,1-4,9-10H2,(H,18,21)(H2,19,20,22,24)/t14-/m1/s1. The topological polar surface area (TPSA) is 79.5 Å². The molecule has 1 aromatic carbocycles. The summed E-state index contributed by atoms with van der Waals surface area (Å²) in [4.78, 5) is 23.7. The molecule has 1 aliphatic heterocycles. The first-order valence-corrected chi connectivity index (χ1v) is 8.64. The molecule has 1 saturated carbocycles. The zero-order valence-electron chi connectivity index (χ0n) is 13.3. The SMILES string of the molecule is O=C(NC[C@H]1CCCO1)c1ccc(NC(=S)NC(=O)C2CC2)cc1. The van der Waals surface area contributed by atoms with Crippen LogP contribution < -0.4 is 16.0 Å². The van der Waals surface area contributed by atoms with E-state index in [1.165, 1.54) is 0 Å². The van der Waals surface area contributed by atoms with Gasteiger partial charge in [0.05, 0.1) is 6.10 Å². The summed E-state index contributed by atoms with van der Waals surface area (Å²) < 4.78 is 5.48. The predicted octanol–water partition coefficient (Wildman–Crippen LogP) is 1.82. The van der Waals surface area contributed by atoms with Crippen molar-refractivity contribution in [2.24, 2.45) is 5.92 Å². The smallest absolute Gasteiger partial charge is 0.251 e. The van der Waals surface area contributed by atoms with Crippen LogP contribution in [0.1, 0.15) is 36.0 Å². The van der Waals surface area contributed by atoms with E-state index in [0.717, 1.165) is 38.0 Å². The maximum atomic E-state index is 12.1. The van der Waals surface area contributed by atoms with E-state index in [0.29, 0.717) is 12.1 Å². The highest BCUT2D eigenvalue weighted by atomic mass is 32.1.